The average Bonchev–Trinajstić information content (AvgIpc) is 3.36. The van der Waals surface area contributed by atoms with Gasteiger partial charge in [0.2, 0.25) is 12.7 Å². The van der Waals surface area contributed by atoms with Crippen LogP contribution >= 0.6 is 0 Å². The van der Waals surface area contributed by atoms with Gasteiger partial charge in [0.25, 0.3) is 11.5 Å². The number of fused-ring (bicyclic) bond motifs is 2. The minimum atomic E-state index is -0.325. The van der Waals surface area contributed by atoms with Crippen LogP contribution in [0.25, 0.3) is 10.9 Å². The van der Waals surface area contributed by atoms with E-state index in [1.165, 1.54) is 10.9 Å². The Balaban J connectivity index is 1.22. The number of anilines is 1. The zero-order chi connectivity index (χ0) is 25.1. The molecule has 0 radical (unpaired) electrons. The van der Waals surface area contributed by atoms with Gasteiger partial charge in [-0.25, -0.2) is 4.98 Å². The Kier molecular flexibility index (Phi) is 6.36. The highest BCUT2D eigenvalue weighted by Gasteiger charge is 2.16. The van der Waals surface area contributed by atoms with Crippen LogP contribution in [0.5, 0.6) is 11.5 Å². The van der Waals surface area contributed by atoms with Crippen LogP contribution in [0.1, 0.15) is 27.9 Å². The molecule has 2 amide bonds. The first kappa shape index (κ1) is 23.1. The molecule has 1 aliphatic heterocycles. The molecular weight excluding hydrogens is 460 g/mol. The number of amides is 2. The lowest BCUT2D eigenvalue weighted by Crippen LogP contribution is -2.26. The Morgan fingerprint density at radius 3 is 2.75 bits per heavy atom. The fourth-order valence-electron chi connectivity index (χ4n) is 4.05. The van der Waals surface area contributed by atoms with E-state index in [0.717, 1.165) is 11.1 Å². The standard InChI is InChI=1S/C27H24N4O5/c1-17-5-4-7-20-25(17)29-15-31(27(20)34)12-11-24(32)30-21-8-3-2-6-19(21)26(33)28-14-18-9-10-22-23(13-18)36-16-35-22/h2-10,13,15H,11-12,14,16H2,1H3,(H,28,33)(H,30,32). The minimum Gasteiger partial charge on any atom is -0.454 e. The summed E-state index contributed by atoms with van der Waals surface area (Å²) in [6.45, 7) is 2.54. The van der Waals surface area contributed by atoms with Gasteiger partial charge in [0.15, 0.2) is 11.5 Å². The van der Waals surface area contributed by atoms with Crippen molar-refractivity contribution >= 4 is 28.4 Å². The molecule has 0 aliphatic carbocycles. The molecule has 4 aromatic rings. The normalized spacial score (nSPS) is 11.9. The van der Waals surface area contributed by atoms with E-state index in [9.17, 15) is 14.4 Å². The zero-order valence-corrected chi connectivity index (χ0v) is 19.6. The van der Waals surface area contributed by atoms with Gasteiger partial charge in [-0.05, 0) is 48.4 Å². The van der Waals surface area contributed by atoms with E-state index < -0.39 is 0 Å². The largest absolute Gasteiger partial charge is 0.454 e. The van der Waals surface area contributed by atoms with Crippen LogP contribution in [-0.2, 0) is 17.9 Å². The van der Waals surface area contributed by atoms with E-state index in [2.05, 4.69) is 15.6 Å². The monoisotopic (exact) mass is 484 g/mol. The topological polar surface area (TPSA) is 112 Å². The van der Waals surface area contributed by atoms with Gasteiger partial charge >= 0.3 is 0 Å². The number of hydrogen-bond acceptors (Lipinski definition) is 6. The molecule has 9 nitrogen and oxygen atoms in total. The van der Waals surface area contributed by atoms with Gasteiger partial charge in [0, 0.05) is 19.5 Å². The molecule has 9 heteroatoms. The van der Waals surface area contributed by atoms with Crippen molar-refractivity contribution in [3.8, 4) is 11.5 Å². The van der Waals surface area contributed by atoms with Gasteiger partial charge in [-0.15, -0.1) is 0 Å². The summed E-state index contributed by atoms with van der Waals surface area (Å²) in [5.41, 5.74) is 2.97. The number of nitrogens with one attached hydrogen (secondary N) is 2. The van der Waals surface area contributed by atoms with Gasteiger partial charge < -0.3 is 20.1 Å². The summed E-state index contributed by atoms with van der Waals surface area (Å²) in [4.78, 5) is 42.7. The van der Waals surface area contributed by atoms with Crippen molar-refractivity contribution in [1.82, 2.24) is 14.9 Å². The third-order valence-electron chi connectivity index (χ3n) is 5.97. The molecular formula is C27H24N4O5. The van der Waals surface area contributed by atoms with Crippen molar-refractivity contribution in [3.05, 3.63) is 94.0 Å². The molecule has 3 aromatic carbocycles. The second-order valence-electron chi connectivity index (χ2n) is 8.43. The van der Waals surface area contributed by atoms with Crippen molar-refractivity contribution in [1.29, 1.82) is 0 Å². The quantitative estimate of drug-likeness (QED) is 0.416. The fraction of sp³-hybridized carbons (Fsp3) is 0.185. The first-order valence-electron chi connectivity index (χ1n) is 11.5. The second kappa shape index (κ2) is 9.91. The van der Waals surface area contributed by atoms with Crippen LogP contribution in [0.3, 0.4) is 0 Å². The average molecular weight is 485 g/mol. The number of rotatable bonds is 7. The molecule has 2 N–H and O–H groups in total. The third kappa shape index (κ3) is 4.76. The van der Waals surface area contributed by atoms with Crippen LogP contribution in [-0.4, -0.2) is 28.2 Å². The van der Waals surface area contributed by atoms with Crippen LogP contribution in [0.4, 0.5) is 5.69 Å². The highest BCUT2D eigenvalue weighted by molar-refractivity contribution is 6.03. The van der Waals surface area contributed by atoms with Crippen molar-refractivity contribution < 1.29 is 19.1 Å². The van der Waals surface area contributed by atoms with Crippen molar-refractivity contribution in [2.45, 2.75) is 26.4 Å². The SMILES string of the molecule is Cc1cccc2c(=O)n(CCC(=O)Nc3ccccc3C(=O)NCc3ccc4c(c3)OCO4)cnc12. The van der Waals surface area contributed by atoms with Crippen LogP contribution in [0.15, 0.2) is 71.8 Å². The van der Waals surface area contributed by atoms with E-state index >= 15 is 0 Å². The number of aromatic nitrogens is 2. The Morgan fingerprint density at radius 1 is 1.03 bits per heavy atom. The Morgan fingerprint density at radius 2 is 1.86 bits per heavy atom. The summed E-state index contributed by atoms with van der Waals surface area (Å²) in [6.07, 6.45) is 1.51. The molecule has 2 heterocycles. The molecule has 1 aromatic heterocycles. The summed E-state index contributed by atoms with van der Waals surface area (Å²) < 4.78 is 12.1. The zero-order valence-electron chi connectivity index (χ0n) is 19.6. The van der Waals surface area contributed by atoms with Crippen molar-refractivity contribution in [2.24, 2.45) is 0 Å². The predicted molar refractivity (Wildman–Crippen MR) is 134 cm³/mol. The molecule has 0 bridgehead atoms. The molecule has 0 unspecified atom stereocenters. The predicted octanol–water partition coefficient (Wildman–Crippen LogP) is 3.39. The van der Waals surface area contributed by atoms with Gasteiger partial charge in [0.05, 0.1) is 28.5 Å². The van der Waals surface area contributed by atoms with E-state index in [4.69, 9.17) is 9.47 Å². The van der Waals surface area contributed by atoms with Crippen LogP contribution < -0.4 is 25.7 Å². The maximum absolute atomic E-state index is 12.9. The summed E-state index contributed by atoms with van der Waals surface area (Å²) in [5, 5.41) is 6.17. The van der Waals surface area contributed by atoms with Gasteiger partial charge in [-0.2, -0.15) is 0 Å². The summed E-state index contributed by atoms with van der Waals surface area (Å²) >= 11 is 0. The lowest BCUT2D eigenvalue weighted by molar-refractivity contribution is -0.116. The number of nitrogens with zero attached hydrogens (tertiary/aromatic N) is 2. The highest BCUT2D eigenvalue weighted by atomic mass is 16.7. The second-order valence-corrected chi connectivity index (χ2v) is 8.43. The number of benzene rings is 3. The smallest absolute Gasteiger partial charge is 0.261 e. The van der Waals surface area contributed by atoms with Gasteiger partial charge in [0.1, 0.15) is 0 Å². The molecule has 1 aliphatic rings. The Hall–Kier alpha value is -4.66. The van der Waals surface area contributed by atoms with E-state index in [1.807, 2.05) is 31.2 Å². The molecule has 0 saturated heterocycles. The van der Waals surface area contributed by atoms with E-state index in [1.54, 1.807) is 36.4 Å². The molecule has 182 valence electrons. The molecule has 0 atom stereocenters. The van der Waals surface area contributed by atoms with Crippen LogP contribution in [0.2, 0.25) is 0 Å². The minimum absolute atomic E-state index is 0.0477. The van der Waals surface area contributed by atoms with Crippen LogP contribution in [0, 0.1) is 6.92 Å². The number of hydrogen-bond donors (Lipinski definition) is 2. The molecule has 0 fully saturated rings. The number of ether oxygens (including phenoxy) is 2. The summed E-state index contributed by atoms with van der Waals surface area (Å²) in [5.74, 6) is 0.677. The molecule has 0 spiro atoms. The lowest BCUT2D eigenvalue weighted by atomic mass is 10.1. The Bertz CT molecular complexity index is 1530. The molecule has 5 rings (SSSR count). The number of para-hydroxylation sites is 2. The number of carbonyl (C=O) groups is 2. The van der Waals surface area contributed by atoms with Gasteiger partial charge in [-0.3, -0.25) is 19.0 Å². The third-order valence-corrected chi connectivity index (χ3v) is 5.97. The number of carbonyl (C=O) groups excluding carboxylic acids is 2. The molecule has 36 heavy (non-hydrogen) atoms. The lowest BCUT2D eigenvalue weighted by Gasteiger charge is -2.12. The number of aryl methyl sites for hydroxylation is 2. The van der Waals surface area contributed by atoms with Gasteiger partial charge in [-0.1, -0.05) is 30.3 Å². The Labute approximate surface area is 206 Å². The first-order valence-corrected chi connectivity index (χ1v) is 11.5. The summed E-state index contributed by atoms with van der Waals surface area (Å²) in [7, 11) is 0. The highest BCUT2D eigenvalue weighted by Crippen LogP contribution is 2.32. The summed E-state index contributed by atoms with van der Waals surface area (Å²) in [6, 6.07) is 17.7. The maximum Gasteiger partial charge on any atom is 0.261 e. The van der Waals surface area contributed by atoms with Crippen molar-refractivity contribution in [3.63, 3.8) is 0 Å². The maximum atomic E-state index is 12.9. The first-order chi connectivity index (χ1) is 17.5. The van der Waals surface area contributed by atoms with Crippen molar-refractivity contribution in [2.75, 3.05) is 12.1 Å². The fourth-order valence-corrected chi connectivity index (χ4v) is 4.05. The molecule has 0 saturated carbocycles. The van der Waals surface area contributed by atoms with E-state index in [-0.39, 0.29) is 43.7 Å². The van der Waals surface area contributed by atoms with E-state index in [0.29, 0.717) is 33.7 Å².